The molecule has 2 aliphatic rings. The van der Waals surface area contributed by atoms with Crippen molar-refractivity contribution in [3.63, 3.8) is 0 Å². The molecule has 0 aromatic heterocycles. The maximum atomic E-state index is 10.5. The SMILES string of the molecule is COC1OC(COC[C-]=O)C(OC2OC(COC[C-]=O)C(C)C(O)C2O)C(O)C1O.[Na+].[Na+].[OH3+].[OH3+]. The van der Waals surface area contributed by atoms with E-state index in [0.717, 1.165) is 0 Å². The summed E-state index contributed by atoms with van der Waals surface area (Å²) in [6.45, 7) is 0.701. The number of carbonyl (C=O) groups excluding carboxylic acids is 2. The molecule has 34 heavy (non-hydrogen) atoms. The summed E-state index contributed by atoms with van der Waals surface area (Å²) in [6, 6.07) is 0. The number of hydrogen-bond acceptors (Lipinski definition) is 12. The molecule has 10 unspecified atom stereocenters. The second-order valence-corrected chi connectivity index (χ2v) is 7.06. The van der Waals surface area contributed by atoms with Gasteiger partial charge in [0.15, 0.2) is 12.6 Å². The zero-order valence-corrected chi connectivity index (χ0v) is 23.8. The van der Waals surface area contributed by atoms with Crippen LogP contribution in [0.4, 0.5) is 0 Å². The van der Waals surface area contributed by atoms with E-state index in [0.29, 0.717) is 0 Å². The largest absolute Gasteiger partial charge is 1.00 e. The number of aliphatic hydroxyl groups excluding tert-OH is 4. The van der Waals surface area contributed by atoms with Crippen LogP contribution in [0.2, 0.25) is 0 Å². The van der Waals surface area contributed by atoms with E-state index in [-0.39, 0.29) is 96.5 Å². The molecule has 2 rings (SSSR count). The minimum Gasteiger partial charge on any atom is -0.540 e. The minimum absolute atomic E-state index is 0. The Morgan fingerprint density at radius 1 is 0.765 bits per heavy atom. The second-order valence-electron chi connectivity index (χ2n) is 7.06. The topological polar surface area (TPSA) is 236 Å². The first kappa shape index (κ1) is 39.4. The van der Waals surface area contributed by atoms with Crippen LogP contribution < -0.4 is 59.1 Å². The third kappa shape index (κ3) is 10.3. The predicted molar refractivity (Wildman–Crippen MR) is 105 cm³/mol. The molecule has 14 nitrogen and oxygen atoms in total. The Kier molecular flexibility index (Phi) is 23.0. The van der Waals surface area contributed by atoms with Gasteiger partial charge in [-0.15, -0.1) is 0 Å². The normalized spacial score (nSPS) is 37.1. The fourth-order valence-corrected chi connectivity index (χ4v) is 3.36. The first-order valence-electron chi connectivity index (χ1n) is 9.42. The van der Waals surface area contributed by atoms with E-state index >= 15 is 0 Å². The summed E-state index contributed by atoms with van der Waals surface area (Å²) in [7, 11) is 1.27. The minimum atomic E-state index is -1.52. The van der Waals surface area contributed by atoms with Gasteiger partial charge in [-0.25, -0.2) is 12.6 Å². The van der Waals surface area contributed by atoms with Gasteiger partial charge in [0.05, 0.1) is 25.4 Å². The molecule has 0 aromatic rings. The summed E-state index contributed by atoms with van der Waals surface area (Å²) in [5.74, 6) is -0.551. The second kappa shape index (κ2) is 19.9. The maximum absolute atomic E-state index is 10.5. The summed E-state index contributed by atoms with van der Waals surface area (Å²) in [5.41, 5.74) is 0. The Hall–Kier alpha value is 0.860. The average Bonchev–Trinajstić information content (AvgIpc) is 2.74. The summed E-state index contributed by atoms with van der Waals surface area (Å²) < 4.78 is 32.0. The molecule has 0 saturated carbocycles. The predicted octanol–water partition coefficient (Wildman–Crippen LogP) is -11.0. The van der Waals surface area contributed by atoms with Crippen LogP contribution in [0.3, 0.4) is 0 Å². The van der Waals surface area contributed by atoms with Crippen LogP contribution >= 0.6 is 0 Å². The molecule has 10 atom stereocenters. The van der Waals surface area contributed by atoms with Crippen molar-refractivity contribution in [2.45, 2.75) is 62.2 Å². The van der Waals surface area contributed by atoms with Crippen LogP contribution in [0.15, 0.2) is 0 Å². The summed E-state index contributed by atoms with van der Waals surface area (Å²) in [4.78, 5) is 20.7. The van der Waals surface area contributed by atoms with Gasteiger partial charge in [-0.1, -0.05) is 6.92 Å². The molecule has 2 aliphatic heterocycles. The fourth-order valence-electron chi connectivity index (χ4n) is 3.36. The Morgan fingerprint density at radius 3 is 1.74 bits per heavy atom. The third-order valence-corrected chi connectivity index (χ3v) is 5.11. The monoisotopic (exact) mass is 520 g/mol. The maximum Gasteiger partial charge on any atom is 1.00 e. The summed E-state index contributed by atoms with van der Waals surface area (Å²) in [6.07, 6.45) is -8.24. The van der Waals surface area contributed by atoms with E-state index in [1.807, 2.05) is 0 Å². The molecule has 0 aromatic carbocycles. The van der Waals surface area contributed by atoms with Crippen molar-refractivity contribution in [2.75, 3.05) is 33.5 Å². The van der Waals surface area contributed by atoms with Gasteiger partial charge in [-0.05, 0) is 13.2 Å². The van der Waals surface area contributed by atoms with Crippen molar-refractivity contribution in [1.29, 1.82) is 0 Å². The molecular formula is C18H34Na2O14+2. The van der Waals surface area contributed by atoms with Crippen molar-refractivity contribution in [1.82, 2.24) is 0 Å². The smallest absolute Gasteiger partial charge is 0.540 e. The van der Waals surface area contributed by atoms with Crippen molar-refractivity contribution in [3.05, 3.63) is 0 Å². The number of ether oxygens (including phenoxy) is 6. The van der Waals surface area contributed by atoms with Gasteiger partial charge < -0.3 is 69.4 Å². The number of rotatable bonds is 11. The molecule has 0 spiro atoms. The van der Waals surface area contributed by atoms with Crippen molar-refractivity contribution in [3.8, 4) is 0 Å². The average molecular weight is 520 g/mol. The quantitative estimate of drug-likeness (QED) is 0.0860. The number of hydrogen-bond donors (Lipinski definition) is 4. The van der Waals surface area contributed by atoms with Gasteiger partial charge >= 0.3 is 59.1 Å². The molecule has 0 radical (unpaired) electrons. The van der Waals surface area contributed by atoms with Crippen LogP contribution in [0.5, 0.6) is 0 Å². The molecule has 0 aliphatic carbocycles. The molecule has 0 bridgehead atoms. The standard InChI is InChI=1S/C18H28O12.2Na.2H2O/c1-9-10(7-26-5-3-19)28-18(14(23)12(9)21)30-16-11(8-27-6-4-20)29-17(25-2)15(24)13(16)22;;;;/h9-18,21-24H,5-8H2,1-2H3;;;2*1H2/q-2;2*+1;;/p+2. The van der Waals surface area contributed by atoms with E-state index in [1.54, 1.807) is 19.5 Å². The van der Waals surface area contributed by atoms with Crippen LogP contribution in [0.1, 0.15) is 6.92 Å². The molecule has 16 heteroatoms. The van der Waals surface area contributed by atoms with Gasteiger partial charge in [-0.3, -0.25) is 0 Å². The van der Waals surface area contributed by atoms with Crippen LogP contribution in [-0.4, -0.2) is 122 Å². The zero-order chi connectivity index (χ0) is 22.3. The number of aliphatic hydroxyl groups is 4. The van der Waals surface area contributed by atoms with E-state index in [9.17, 15) is 30.0 Å². The Morgan fingerprint density at radius 2 is 1.24 bits per heavy atom. The zero-order valence-electron chi connectivity index (χ0n) is 19.8. The Bertz CT molecular complexity index is 547. The third-order valence-electron chi connectivity index (χ3n) is 5.11. The van der Waals surface area contributed by atoms with E-state index in [4.69, 9.17) is 28.4 Å². The molecule has 0 amide bonds. The van der Waals surface area contributed by atoms with Gasteiger partial charge in [0.2, 0.25) is 0 Å². The molecule has 190 valence electrons. The summed E-state index contributed by atoms with van der Waals surface area (Å²) >= 11 is 0. The first-order valence-corrected chi connectivity index (χ1v) is 9.42. The van der Waals surface area contributed by atoms with Crippen LogP contribution in [0, 0.1) is 5.92 Å². The molecule has 2 saturated heterocycles. The fraction of sp³-hybridized carbons (Fsp3) is 0.889. The Labute approximate surface area is 241 Å². The van der Waals surface area contributed by atoms with Crippen molar-refractivity contribution >= 4 is 12.6 Å². The van der Waals surface area contributed by atoms with Crippen molar-refractivity contribution in [2.24, 2.45) is 5.92 Å². The van der Waals surface area contributed by atoms with Gasteiger partial charge in [0.25, 0.3) is 0 Å². The molecule has 2 fully saturated rings. The van der Waals surface area contributed by atoms with Gasteiger partial charge in [-0.2, -0.15) is 0 Å². The van der Waals surface area contributed by atoms with Gasteiger partial charge in [0, 0.05) is 13.0 Å². The van der Waals surface area contributed by atoms with E-state index < -0.39 is 61.2 Å². The first-order chi connectivity index (χ1) is 14.3. The summed E-state index contributed by atoms with van der Waals surface area (Å²) in [5, 5.41) is 41.4. The van der Waals surface area contributed by atoms with Crippen LogP contribution in [-0.2, 0) is 49.0 Å². The molecule has 2 heterocycles. The van der Waals surface area contributed by atoms with Crippen molar-refractivity contribution < 1.29 is 129 Å². The van der Waals surface area contributed by atoms with Crippen LogP contribution in [0.25, 0.3) is 0 Å². The molecular weight excluding hydrogens is 486 g/mol. The molecule has 10 N–H and O–H groups in total. The van der Waals surface area contributed by atoms with E-state index in [1.165, 1.54) is 7.11 Å². The van der Waals surface area contributed by atoms with Gasteiger partial charge in [0.1, 0.15) is 30.5 Å². The Balaban J connectivity index is -0.00000240. The number of methoxy groups -OCH3 is 1. The van der Waals surface area contributed by atoms with E-state index in [2.05, 4.69) is 0 Å².